The third-order valence-electron chi connectivity index (χ3n) is 2.70. The van der Waals surface area contributed by atoms with Crippen molar-refractivity contribution in [2.75, 3.05) is 6.54 Å². The summed E-state index contributed by atoms with van der Waals surface area (Å²) in [4.78, 5) is 0. The topological polar surface area (TPSA) is 59.4 Å². The maximum absolute atomic E-state index is 10.0. The van der Waals surface area contributed by atoms with Crippen LogP contribution in [0.5, 0.6) is 0 Å². The molecule has 80 valence electrons. The summed E-state index contributed by atoms with van der Waals surface area (Å²) in [5, 5.41) is 10.0. The summed E-state index contributed by atoms with van der Waals surface area (Å²) in [5.41, 5.74) is 6.61. The Morgan fingerprint density at radius 3 is 2.50 bits per heavy atom. The van der Waals surface area contributed by atoms with Crippen LogP contribution < -0.4 is 5.73 Å². The first-order valence-corrected chi connectivity index (χ1v) is 5.00. The molecule has 1 aromatic heterocycles. The molecule has 0 saturated carbocycles. The van der Waals surface area contributed by atoms with E-state index in [1.165, 1.54) is 0 Å². The van der Waals surface area contributed by atoms with Crippen LogP contribution in [-0.4, -0.2) is 11.7 Å². The van der Waals surface area contributed by atoms with Crippen molar-refractivity contribution in [3.8, 4) is 0 Å². The Morgan fingerprint density at radius 2 is 2.14 bits per heavy atom. The molecule has 14 heavy (non-hydrogen) atoms. The molecule has 3 nitrogen and oxygen atoms in total. The number of hydrogen-bond acceptors (Lipinski definition) is 3. The lowest BCUT2D eigenvalue weighted by atomic mass is 9.88. The first-order valence-electron chi connectivity index (χ1n) is 5.00. The lowest BCUT2D eigenvalue weighted by Gasteiger charge is -2.23. The second-order valence-corrected chi connectivity index (χ2v) is 4.06. The lowest BCUT2D eigenvalue weighted by Crippen LogP contribution is -2.26. The molecule has 0 radical (unpaired) electrons. The van der Waals surface area contributed by atoms with E-state index in [0.717, 1.165) is 5.56 Å². The summed E-state index contributed by atoms with van der Waals surface area (Å²) < 4.78 is 5.25. The number of aliphatic hydroxyl groups excluding tert-OH is 1. The van der Waals surface area contributed by atoms with Gasteiger partial charge in [0, 0.05) is 5.92 Å². The van der Waals surface area contributed by atoms with Crippen molar-refractivity contribution in [2.24, 2.45) is 17.6 Å². The van der Waals surface area contributed by atoms with E-state index in [1.807, 2.05) is 13.0 Å². The number of hydrogen-bond donors (Lipinski definition) is 2. The van der Waals surface area contributed by atoms with Gasteiger partial charge in [0.25, 0.3) is 0 Å². The van der Waals surface area contributed by atoms with Gasteiger partial charge in [0.05, 0.1) is 6.26 Å². The Kier molecular flexibility index (Phi) is 3.72. The molecular formula is C11H19NO2. The van der Waals surface area contributed by atoms with Gasteiger partial charge in [-0.1, -0.05) is 13.8 Å². The second-order valence-electron chi connectivity index (χ2n) is 4.06. The predicted octanol–water partition coefficient (Wildman–Crippen LogP) is 1.85. The fourth-order valence-corrected chi connectivity index (χ4v) is 1.65. The standard InChI is InChI=1S/C11H19NO2/c1-7(2)9(6-12)10(13)11-8(3)4-5-14-11/h4-5,7,9-10,13H,6,12H2,1-3H3. The van der Waals surface area contributed by atoms with E-state index in [0.29, 0.717) is 18.2 Å². The summed E-state index contributed by atoms with van der Waals surface area (Å²) in [6.45, 7) is 6.51. The molecule has 1 rings (SSSR count). The molecule has 3 N–H and O–H groups in total. The van der Waals surface area contributed by atoms with Crippen LogP contribution in [-0.2, 0) is 0 Å². The Labute approximate surface area is 84.9 Å². The molecule has 1 aromatic rings. The van der Waals surface area contributed by atoms with Gasteiger partial charge in [-0.15, -0.1) is 0 Å². The van der Waals surface area contributed by atoms with Gasteiger partial charge < -0.3 is 15.3 Å². The van der Waals surface area contributed by atoms with Crippen LogP contribution in [0.3, 0.4) is 0 Å². The summed E-state index contributed by atoms with van der Waals surface area (Å²) in [6, 6.07) is 1.85. The molecule has 0 aliphatic carbocycles. The van der Waals surface area contributed by atoms with Crippen molar-refractivity contribution in [2.45, 2.75) is 26.9 Å². The smallest absolute Gasteiger partial charge is 0.135 e. The molecule has 3 heteroatoms. The zero-order chi connectivity index (χ0) is 10.7. The van der Waals surface area contributed by atoms with Crippen molar-refractivity contribution in [1.29, 1.82) is 0 Å². The Hall–Kier alpha value is -0.800. The van der Waals surface area contributed by atoms with Gasteiger partial charge in [-0.3, -0.25) is 0 Å². The van der Waals surface area contributed by atoms with Crippen LogP contribution in [0.15, 0.2) is 16.7 Å². The van der Waals surface area contributed by atoms with E-state index in [1.54, 1.807) is 6.26 Å². The summed E-state index contributed by atoms with van der Waals surface area (Å²) in [6.07, 6.45) is 1.01. The van der Waals surface area contributed by atoms with Crippen LogP contribution in [0, 0.1) is 18.8 Å². The fourth-order valence-electron chi connectivity index (χ4n) is 1.65. The average Bonchev–Trinajstić information content (AvgIpc) is 2.51. The number of furan rings is 1. The highest BCUT2D eigenvalue weighted by atomic mass is 16.4. The van der Waals surface area contributed by atoms with E-state index < -0.39 is 6.10 Å². The van der Waals surface area contributed by atoms with Gasteiger partial charge >= 0.3 is 0 Å². The number of aryl methyl sites for hydroxylation is 1. The SMILES string of the molecule is Cc1ccoc1C(O)C(CN)C(C)C. The quantitative estimate of drug-likeness (QED) is 0.774. The van der Waals surface area contributed by atoms with E-state index in [2.05, 4.69) is 13.8 Å². The Morgan fingerprint density at radius 1 is 1.50 bits per heavy atom. The van der Waals surface area contributed by atoms with Crippen molar-refractivity contribution < 1.29 is 9.52 Å². The highest BCUT2D eigenvalue weighted by Gasteiger charge is 2.26. The maximum atomic E-state index is 10.0. The molecule has 2 atom stereocenters. The fraction of sp³-hybridized carbons (Fsp3) is 0.636. The van der Waals surface area contributed by atoms with Gasteiger partial charge in [-0.25, -0.2) is 0 Å². The van der Waals surface area contributed by atoms with E-state index in [-0.39, 0.29) is 5.92 Å². The lowest BCUT2D eigenvalue weighted by molar-refractivity contribution is 0.0655. The normalized spacial score (nSPS) is 15.9. The largest absolute Gasteiger partial charge is 0.466 e. The molecule has 0 aromatic carbocycles. The van der Waals surface area contributed by atoms with Gasteiger partial charge in [-0.2, -0.15) is 0 Å². The molecule has 0 saturated heterocycles. The molecule has 0 spiro atoms. The summed E-state index contributed by atoms with van der Waals surface area (Å²) in [5.74, 6) is 1.05. The minimum Gasteiger partial charge on any atom is -0.466 e. The number of rotatable bonds is 4. The van der Waals surface area contributed by atoms with E-state index >= 15 is 0 Å². The molecule has 0 fully saturated rings. The Balaban J connectivity index is 2.83. The monoisotopic (exact) mass is 197 g/mol. The minimum absolute atomic E-state index is 0.0554. The van der Waals surface area contributed by atoms with Crippen molar-refractivity contribution in [3.05, 3.63) is 23.7 Å². The molecule has 0 aliphatic heterocycles. The van der Waals surface area contributed by atoms with Gasteiger partial charge in [0.2, 0.25) is 0 Å². The van der Waals surface area contributed by atoms with Crippen molar-refractivity contribution in [1.82, 2.24) is 0 Å². The first kappa shape index (κ1) is 11.3. The molecule has 0 aliphatic rings. The van der Waals surface area contributed by atoms with Crippen molar-refractivity contribution >= 4 is 0 Å². The van der Waals surface area contributed by atoms with Crippen LogP contribution in [0.2, 0.25) is 0 Å². The summed E-state index contributed by atoms with van der Waals surface area (Å²) >= 11 is 0. The predicted molar refractivity (Wildman–Crippen MR) is 55.8 cm³/mol. The zero-order valence-corrected chi connectivity index (χ0v) is 9.03. The highest BCUT2D eigenvalue weighted by Crippen LogP contribution is 2.29. The summed E-state index contributed by atoms with van der Waals surface area (Å²) in [7, 11) is 0. The minimum atomic E-state index is -0.588. The van der Waals surface area contributed by atoms with Gasteiger partial charge in [0.1, 0.15) is 11.9 Å². The average molecular weight is 197 g/mol. The van der Waals surface area contributed by atoms with Crippen LogP contribution in [0.25, 0.3) is 0 Å². The van der Waals surface area contributed by atoms with Crippen LogP contribution in [0.1, 0.15) is 31.3 Å². The number of nitrogens with two attached hydrogens (primary N) is 1. The Bertz CT molecular complexity index is 281. The molecule has 2 unspecified atom stereocenters. The second kappa shape index (κ2) is 4.62. The molecular weight excluding hydrogens is 178 g/mol. The molecule has 0 amide bonds. The highest BCUT2D eigenvalue weighted by molar-refractivity contribution is 5.17. The van der Waals surface area contributed by atoms with Crippen LogP contribution in [0.4, 0.5) is 0 Å². The first-order chi connectivity index (χ1) is 6.57. The number of aliphatic hydroxyl groups is 1. The van der Waals surface area contributed by atoms with Crippen molar-refractivity contribution in [3.63, 3.8) is 0 Å². The zero-order valence-electron chi connectivity index (χ0n) is 9.03. The van der Waals surface area contributed by atoms with Crippen LogP contribution >= 0.6 is 0 Å². The maximum Gasteiger partial charge on any atom is 0.135 e. The molecule has 1 heterocycles. The van der Waals surface area contributed by atoms with E-state index in [4.69, 9.17) is 10.2 Å². The van der Waals surface area contributed by atoms with Gasteiger partial charge in [-0.05, 0) is 31.0 Å². The van der Waals surface area contributed by atoms with Gasteiger partial charge in [0.15, 0.2) is 0 Å². The third kappa shape index (κ3) is 2.16. The van der Waals surface area contributed by atoms with E-state index in [9.17, 15) is 5.11 Å². The molecule has 0 bridgehead atoms. The third-order valence-corrected chi connectivity index (χ3v) is 2.70.